The first-order valence-corrected chi connectivity index (χ1v) is 6.82. The van der Waals surface area contributed by atoms with Gasteiger partial charge in [0.2, 0.25) is 5.91 Å². The number of aryl methyl sites for hydroxylation is 1. The Labute approximate surface area is 108 Å². The molecule has 1 amide bonds. The Balaban J connectivity index is 1.93. The molecule has 2 N–H and O–H groups in total. The van der Waals surface area contributed by atoms with Crippen molar-refractivity contribution in [3.8, 4) is 0 Å². The second-order valence-electron chi connectivity index (χ2n) is 4.92. The van der Waals surface area contributed by atoms with Crippen LogP contribution >= 0.6 is 0 Å². The highest BCUT2D eigenvalue weighted by atomic mass is 16.3. The predicted octanol–water partition coefficient (Wildman–Crippen LogP) is 2.16. The summed E-state index contributed by atoms with van der Waals surface area (Å²) in [5.74, 6) is 1.15. The predicted molar refractivity (Wildman–Crippen MR) is 70.3 cm³/mol. The van der Waals surface area contributed by atoms with Crippen LogP contribution in [0.4, 0.5) is 0 Å². The molecule has 0 saturated heterocycles. The zero-order valence-corrected chi connectivity index (χ0v) is 11.2. The number of hydrogen-bond donors (Lipinski definition) is 2. The van der Waals surface area contributed by atoms with Gasteiger partial charge in [0.25, 0.3) is 0 Å². The molecule has 2 atom stereocenters. The fourth-order valence-corrected chi connectivity index (χ4v) is 2.44. The van der Waals surface area contributed by atoms with Crippen LogP contribution in [0.1, 0.15) is 50.5 Å². The van der Waals surface area contributed by atoms with Crippen LogP contribution < -0.4 is 10.6 Å². The molecule has 1 aliphatic carbocycles. The maximum Gasteiger partial charge on any atom is 0.236 e. The maximum atomic E-state index is 11.8. The number of rotatable bonds is 5. The van der Waals surface area contributed by atoms with Crippen molar-refractivity contribution in [2.24, 2.45) is 0 Å². The lowest BCUT2D eigenvalue weighted by atomic mass is 9.93. The Morgan fingerprint density at radius 2 is 2.44 bits per heavy atom. The summed E-state index contributed by atoms with van der Waals surface area (Å²) in [6.07, 6.45) is 5.90. The third kappa shape index (κ3) is 2.93. The van der Waals surface area contributed by atoms with Gasteiger partial charge in [0.1, 0.15) is 5.76 Å². The Morgan fingerprint density at radius 1 is 1.61 bits per heavy atom. The fraction of sp³-hybridized carbons (Fsp3) is 0.643. The van der Waals surface area contributed by atoms with Gasteiger partial charge in [-0.3, -0.25) is 10.1 Å². The van der Waals surface area contributed by atoms with Crippen molar-refractivity contribution >= 4 is 5.91 Å². The molecule has 0 bridgehead atoms. The first-order valence-electron chi connectivity index (χ1n) is 6.82. The molecule has 0 spiro atoms. The molecule has 0 fully saturated rings. The molecule has 0 saturated carbocycles. The third-order valence-corrected chi connectivity index (χ3v) is 3.45. The first-order chi connectivity index (χ1) is 8.72. The minimum atomic E-state index is -0.164. The van der Waals surface area contributed by atoms with Crippen molar-refractivity contribution in [1.29, 1.82) is 0 Å². The van der Waals surface area contributed by atoms with E-state index in [2.05, 4.69) is 17.6 Å². The van der Waals surface area contributed by atoms with Crippen LogP contribution in [0.25, 0.3) is 0 Å². The molecule has 0 aromatic carbocycles. The second-order valence-corrected chi connectivity index (χ2v) is 4.92. The van der Waals surface area contributed by atoms with Gasteiger partial charge in [0.05, 0.1) is 12.3 Å². The van der Waals surface area contributed by atoms with Crippen LogP contribution in [0.2, 0.25) is 0 Å². The van der Waals surface area contributed by atoms with E-state index in [-0.39, 0.29) is 18.0 Å². The van der Waals surface area contributed by atoms with E-state index in [1.807, 2.05) is 13.0 Å². The number of amides is 1. The Hall–Kier alpha value is -1.29. The molecule has 1 aromatic heterocycles. The van der Waals surface area contributed by atoms with E-state index >= 15 is 0 Å². The average molecular weight is 250 g/mol. The quantitative estimate of drug-likeness (QED) is 0.842. The van der Waals surface area contributed by atoms with Crippen molar-refractivity contribution in [1.82, 2.24) is 10.6 Å². The van der Waals surface area contributed by atoms with Crippen LogP contribution in [-0.4, -0.2) is 18.5 Å². The summed E-state index contributed by atoms with van der Waals surface area (Å²) >= 11 is 0. The fourth-order valence-electron chi connectivity index (χ4n) is 2.44. The SMILES string of the molecule is CCCNC(=O)C(C)NC1CCCc2occc21. The zero-order valence-electron chi connectivity index (χ0n) is 11.2. The zero-order chi connectivity index (χ0) is 13.0. The highest BCUT2D eigenvalue weighted by molar-refractivity contribution is 5.81. The van der Waals surface area contributed by atoms with E-state index in [9.17, 15) is 4.79 Å². The average Bonchev–Trinajstić information content (AvgIpc) is 2.85. The van der Waals surface area contributed by atoms with Gasteiger partial charge in [0, 0.05) is 24.6 Å². The molecule has 0 aliphatic heterocycles. The summed E-state index contributed by atoms with van der Waals surface area (Å²) in [6, 6.07) is 2.10. The summed E-state index contributed by atoms with van der Waals surface area (Å²) in [7, 11) is 0. The van der Waals surface area contributed by atoms with Gasteiger partial charge in [0.15, 0.2) is 0 Å². The summed E-state index contributed by atoms with van der Waals surface area (Å²) < 4.78 is 5.45. The Morgan fingerprint density at radius 3 is 3.22 bits per heavy atom. The van der Waals surface area contributed by atoms with Crippen molar-refractivity contribution < 1.29 is 9.21 Å². The highest BCUT2D eigenvalue weighted by Crippen LogP contribution is 2.30. The smallest absolute Gasteiger partial charge is 0.236 e. The Kier molecular flexibility index (Phi) is 4.42. The summed E-state index contributed by atoms with van der Waals surface area (Å²) in [5.41, 5.74) is 1.22. The number of furan rings is 1. The minimum absolute atomic E-state index is 0.0764. The van der Waals surface area contributed by atoms with Crippen molar-refractivity contribution in [3.05, 3.63) is 23.7 Å². The van der Waals surface area contributed by atoms with E-state index in [0.717, 1.165) is 38.0 Å². The van der Waals surface area contributed by atoms with Gasteiger partial charge >= 0.3 is 0 Å². The molecular weight excluding hydrogens is 228 g/mol. The van der Waals surface area contributed by atoms with E-state index in [0.29, 0.717) is 0 Å². The molecule has 4 nitrogen and oxygen atoms in total. The topological polar surface area (TPSA) is 54.3 Å². The molecule has 1 aliphatic rings. The van der Waals surface area contributed by atoms with Gasteiger partial charge in [-0.1, -0.05) is 6.92 Å². The maximum absolute atomic E-state index is 11.8. The monoisotopic (exact) mass is 250 g/mol. The van der Waals surface area contributed by atoms with Crippen LogP contribution in [0.3, 0.4) is 0 Å². The minimum Gasteiger partial charge on any atom is -0.469 e. The number of hydrogen-bond acceptors (Lipinski definition) is 3. The van der Waals surface area contributed by atoms with Gasteiger partial charge in [-0.25, -0.2) is 0 Å². The van der Waals surface area contributed by atoms with Crippen LogP contribution in [0.15, 0.2) is 16.7 Å². The summed E-state index contributed by atoms with van der Waals surface area (Å²) in [4.78, 5) is 11.8. The van der Waals surface area contributed by atoms with E-state index in [1.165, 1.54) is 5.56 Å². The second kappa shape index (κ2) is 6.05. The lowest BCUT2D eigenvalue weighted by Gasteiger charge is -2.26. The standard InChI is InChI=1S/C14H22N2O2/c1-3-8-15-14(17)10(2)16-12-5-4-6-13-11(12)7-9-18-13/h7,9-10,12,16H,3-6,8H2,1-2H3,(H,15,17). The number of carbonyl (C=O) groups excluding carboxylic acids is 1. The highest BCUT2D eigenvalue weighted by Gasteiger charge is 2.25. The van der Waals surface area contributed by atoms with Crippen LogP contribution in [-0.2, 0) is 11.2 Å². The van der Waals surface area contributed by atoms with Crippen LogP contribution in [0, 0.1) is 0 Å². The number of carbonyl (C=O) groups is 1. The molecule has 100 valence electrons. The Bertz CT molecular complexity index is 400. The molecule has 0 radical (unpaired) electrons. The van der Waals surface area contributed by atoms with E-state index < -0.39 is 0 Å². The molecule has 2 unspecified atom stereocenters. The van der Waals surface area contributed by atoms with Crippen LogP contribution in [0.5, 0.6) is 0 Å². The summed E-state index contributed by atoms with van der Waals surface area (Å²) in [6.45, 7) is 4.71. The molecule has 4 heteroatoms. The third-order valence-electron chi connectivity index (χ3n) is 3.45. The van der Waals surface area contributed by atoms with E-state index in [4.69, 9.17) is 4.42 Å². The summed E-state index contributed by atoms with van der Waals surface area (Å²) in [5, 5.41) is 6.31. The lowest BCUT2D eigenvalue weighted by molar-refractivity contribution is -0.123. The first kappa shape index (κ1) is 13.1. The molecule has 1 heterocycles. The largest absolute Gasteiger partial charge is 0.469 e. The lowest BCUT2D eigenvalue weighted by Crippen LogP contribution is -2.44. The molecule has 1 aromatic rings. The molecule has 18 heavy (non-hydrogen) atoms. The van der Waals surface area contributed by atoms with Gasteiger partial charge in [-0.2, -0.15) is 0 Å². The van der Waals surface area contributed by atoms with Gasteiger partial charge in [-0.15, -0.1) is 0 Å². The normalized spacial score (nSPS) is 20.2. The van der Waals surface area contributed by atoms with Crippen molar-refractivity contribution in [2.75, 3.05) is 6.54 Å². The van der Waals surface area contributed by atoms with Gasteiger partial charge < -0.3 is 9.73 Å². The molecule has 2 rings (SSSR count). The number of fused-ring (bicyclic) bond motifs is 1. The van der Waals surface area contributed by atoms with Crippen molar-refractivity contribution in [3.63, 3.8) is 0 Å². The van der Waals surface area contributed by atoms with Gasteiger partial charge in [-0.05, 0) is 32.3 Å². The van der Waals surface area contributed by atoms with E-state index in [1.54, 1.807) is 6.26 Å². The van der Waals surface area contributed by atoms with Crippen molar-refractivity contribution in [2.45, 2.75) is 51.6 Å². The number of nitrogens with one attached hydrogen (secondary N) is 2. The molecular formula is C14H22N2O2.